The highest BCUT2D eigenvalue weighted by atomic mass is 19.4. The summed E-state index contributed by atoms with van der Waals surface area (Å²) in [5.41, 5.74) is 2.12. The van der Waals surface area contributed by atoms with E-state index in [2.05, 4.69) is 24.9 Å². The highest BCUT2D eigenvalue weighted by Crippen LogP contribution is 2.31. The van der Waals surface area contributed by atoms with Gasteiger partial charge in [-0.05, 0) is 55.3 Å². The molecule has 1 N–H and O–H groups in total. The van der Waals surface area contributed by atoms with Crippen molar-refractivity contribution in [1.29, 1.82) is 0 Å². The fourth-order valence-electron chi connectivity index (χ4n) is 3.42. The van der Waals surface area contributed by atoms with Crippen molar-refractivity contribution in [2.24, 2.45) is 0 Å². The quantitative estimate of drug-likeness (QED) is 0.627. The lowest BCUT2D eigenvalue weighted by Crippen LogP contribution is -2.21. The Balaban J connectivity index is 1.57. The number of nitrogens with zero attached hydrogens (tertiary/aromatic N) is 3. The molecule has 0 bridgehead atoms. The molecule has 3 aromatic rings. The number of anilines is 2. The minimum Gasteiger partial charge on any atom is -0.406 e. The Morgan fingerprint density at radius 2 is 1.77 bits per heavy atom. The van der Waals surface area contributed by atoms with E-state index in [9.17, 15) is 18.0 Å². The number of benzene rings is 1. The summed E-state index contributed by atoms with van der Waals surface area (Å²) in [4.78, 5) is 23.9. The van der Waals surface area contributed by atoms with E-state index in [1.54, 1.807) is 12.3 Å². The molecule has 9 heteroatoms. The number of amides is 1. The minimum atomic E-state index is -4.77. The Bertz CT molecular complexity index is 1050. The Morgan fingerprint density at radius 3 is 2.42 bits per heavy atom. The van der Waals surface area contributed by atoms with Gasteiger partial charge in [-0.25, -0.2) is 4.98 Å². The van der Waals surface area contributed by atoms with Crippen LogP contribution in [0.2, 0.25) is 0 Å². The molecule has 1 aliphatic heterocycles. The Hall–Kier alpha value is -3.62. The van der Waals surface area contributed by atoms with E-state index in [0.717, 1.165) is 49.4 Å². The van der Waals surface area contributed by atoms with Gasteiger partial charge in [-0.2, -0.15) is 0 Å². The zero-order valence-corrected chi connectivity index (χ0v) is 16.4. The average molecular weight is 428 g/mol. The zero-order valence-electron chi connectivity index (χ0n) is 16.4. The molecule has 1 aliphatic rings. The molecular formula is C22H19F3N4O2. The third-order valence-electron chi connectivity index (χ3n) is 4.82. The number of halogens is 3. The molecule has 160 valence electrons. The van der Waals surface area contributed by atoms with E-state index in [-0.39, 0.29) is 5.75 Å². The van der Waals surface area contributed by atoms with Crippen LogP contribution >= 0.6 is 0 Å². The van der Waals surface area contributed by atoms with Crippen molar-refractivity contribution in [3.05, 3.63) is 66.5 Å². The molecule has 1 saturated heterocycles. The summed E-state index contributed by atoms with van der Waals surface area (Å²) >= 11 is 0. The number of rotatable bonds is 5. The van der Waals surface area contributed by atoms with E-state index in [4.69, 9.17) is 0 Å². The normalized spacial score (nSPS) is 13.8. The molecule has 0 unspecified atom stereocenters. The van der Waals surface area contributed by atoms with E-state index in [0.29, 0.717) is 16.9 Å². The van der Waals surface area contributed by atoms with Gasteiger partial charge in [0, 0.05) is 36.7 Å². The SMILES string of the molecule is O=C(Nc1ccc(OC(F)(F)F)cc1)c1cnc(N2CCCC2)c(-c2ccccn2)c1. The van der Waals surface area contributed by atoms with Gasteiger partial charge in [-0.3, -0.25) is 9.78 Å². The number of nitrogens with one attached hydrogen (secondary N) is 1. The molecule has 4 rings (SSSR count). The van der Waals surface area contributed by atoms with Gasteiger partial charge in [0.15, 0.2) is 0 Å². The van der Waals surface area contributed by atoms with Crippen LogP contribution in [-0.2, 0) is 0 Å². The summed E-state index contributed by atoms with van der Waals surface area (Å²) in [7, 11) is 0. The number of carbonyl (C=O) groups is 1. The highest BCUT2D eigenvalue weighted by Gasteiger charge is 2.31. The second kappa shape index (κ2) is 8.63. The predicted octanol–water partition coefficient (Wildman–Crippen LogP) is 4.89. The standard InChI is InChI=1S/C22H19F3N4O2/c23-22(24,25)31-17-8-6-16(7-9-17)28-21(30)15-13-18(19-5-1-2-10-26-19)20(27-14-15)29-11-3-4-12-29/h1-2,5-10,13-14H,3-4,11-12H2,(H,28,30). The van der Waals surface area contributed by atoms with Crippen molar-refractivity contribution in [1.82, 2.24) is 9.97 Å². The summed E-state index contributed by atoms with van der Waals surface area (Å²) in [5, 5.41) is 2.67. The van der Waals surface area contributed by atoms with E-state index < -0.39 is 12.3 Å². The van der Waals surface area contributed by atoms with Crippen molar-refractivity contribution in [2.75, 3.05) is 23.3 Å². The van der Waals surface area contributed by atoms with Crippen molar-refractivity contribution in [3.8, 4) is 17.0 Å². The number of hydrogen-bond acceptors (Lipinski definition) is 5. The summed E-state index contributed by atoms with van der Waals surface area (Å²) in [6.07, 6.45) is 0.575. The number of ether oxygens (including phenoxy) is 1. The first-order chi connectivity index (χ1) is 14.9. The predicted molar refractivity (Wildman–Crippen MR) is 110 cm³/mol. The van der Waals surface area contributed by atoms with Gasteiger partial charge >= 0.3 is 6.36 Å². The van der Waals surface area contributed by atoms with Gasteiger partial charge in [0.25, 0.3) is 5.91 Å². The van der Waals surface area contributed by atoms with Crippen LogP contribution in [0.15, 0.2) is 60.9 Å². The number of alkyl halides is 3. The van der Waals surface area contributed by atoms with E-state index in [1.807, 2.05) is 18.2 Å². The number of aromatic nitrogens is 2. The molecule has 0 atom stereocenters. The molecule has 31 heavy (non-hydrogen) atoms. The maximum Gasteiger partial charge on any atom is 0.573 e. The van der Waals surface area contributed by atoms with Crippen molar-refractivity contribution in [3.63, 3.8) is 0 Å². The lowest BCUT2D eigenvalue weighted by molar-refractivity contribution is -0.274. The molecule has 3 heterocycles. The summed E-state index contributed by atoms with van der Waals surface area (Å²) in [6, 6.07) is 12.2. The fourth-order valence-corrected chi connectivity index (χ4v) is 3.42. The third-order valence-corrected chi connectivity index (χ3v) is 4.82. The van der Waals surface area contributed by atoms with Crippen LogP contribution in [0.25, 0.3) is 11.3 Å². The van der Waals surface area contributed by atoms with Gasteiger partial charge in [0.2, 0.25) is 0 Å². The number of carbonyl (C=O) groups excluding carboxylic acids is 1. The van der Waals surface area contributed by atoms with Crippen LogP contribution in [0.5, 0.6) is 5.75 Å². The van der Waals surface area contributed by atoms with Gasteiger partial charge in [-0.1, -0.05) is 6.07 Å². The van der Waals surface area contributed by atoms with Crippen molar-refractivity contribution >= 4 is 17.4 Å². The van der Waals surface area contributed by atoms with Crippen molar-refractivity contribution < 1.29 is 22.7 Å². The van der Waals surface area contributed by atoms with Crippen molar-refractivity contribution in [2.45, 2.75) is 19.2 Å². The lowest BCUT2D eigenvalue weighted by atomic mass is 10.1. The summed E-state index contributed by atoms with van der Waals surface area (Å²) in [6.45, 7) is 1.79. The molecule has 0 radical (unpaired) electrons. The maximum atomic E-state index is 12.7. The molecule has 1 fully saturated rings. The molecule has 0 saturated carbocycles. The first-order valence-electron chi connectivity index (χ1n) is 9.73. The van der Waals surface area contributed by atoms with Crippen LogP contribution in [0.3, 0.4) is 0 Å². The summed E-state index contributed by atoms with van der Waals surface area (Å²) in [5.74, 6) is -0.0110. The Kier molecular flexibility index (Phi) is 5.75. The molecule has 6 nitrogen and oxygen atoms in total. The Morgan fingerprint density at radius 1 is 1.03 bits per heavy atom. The second-order valence-electron chi connectivity index (χ2n) is 7.03. The topological polar surface area (TPSA) is 67.3 Å². The van der Waals surface area contributed by atoms with Crippen LogP contribution in [-0.4, -0.2) is 35.3 Å². The number of pyridine rings is 2. The smallest absolute Gasteiger partial charge is 0.406 e. The first kappa shape index (κ1) is 20.6. The van der Waals surface area contributed by atoms with Crippen LogP contribution in [0.1, 0.15) is 23.2 Å². The van der Waals surface area contributed by atoms with Gasteiger partial charge < -0.3 is 15.0 Å². The maximum absolute atomic E-state index is 12.7. The van der Waals surface area contributed by atoms with Crippen LogP contribution < -0.4 is 15.0 Å². The zero-order chi connectivity index (χ0) is 21.8. The largest absolute Gasteiger partial charge is 0.573 e. The van der Waals surface area contributed by atoms with Gasteiger partial charge in [0.1, 0.15) is 11.6 Å². The minimum absolute atomic E-state index is 0.319. The molecular weight excluding hydrogens is 409 g/mol. The van der Waals surface area contributed by atoms with E-state index in [1.165, 1.54) is 18.3 Å². The molecule has 1 amide bonds. The summed E-state index contributed by atoms with van der Waals surface area (Å²) < 4.78 is 40.7. The van der Waals surface area contributed by atoms with E-state index >= 15 is 0 Å². The first-order valence-corrected chi connectivity index (χ1v) is 9.73. The van der Waals surface area contributed by atoms with Gasteiger partial charge in [0.05, 0.1) is 11.3 Å². The lowest BCUT2D eigenvalue weighted by Gasteiger charge is -2.20. The average Bonchev–Trinajstić information content (AvgIpc) is 3.29. The van der Waals surface area contributed by atoms with Crippen LogP contribution in [0, 0.1) is 0 Å². The monoisotopic (exact) mass is 428 g/mol. The molecule has 1 aromatic carbocycles. The third kappa shape index (κ3) is 5.11. The Labute approximate surface area is 176 Å². The molecule has 0 aliphatic carbocycles. The number of hydrogen-bond donors (Lipinski definition) is 1. The highest BCUT2D eigenvalue weighted by molar-refractivity contribution is 6.05. The molecule has 0 spiro atoms. The van der Waals surface area contributed by atoms with Gasteiger partial charge in [-0.15, -0.1) is 13.2 Å². The van der Waals surface area contributed by atoms with Crippen LogP contribution in [0.4, 0.5) is 24.7 Å². The fraction of sp³-hybridized carbons (Fsp3) is 0.227. The second-order valence-corrected chi connectivity index (χ2v) is 7.03. The molecule has 2 aromatic heterocycles.